The highest BCUT2D eigenvalue weighted by atomic mass is 19.1. The molecule has 1 aromatic rings. The van der Waals surface area contributed by atoms with Gasteiger partial charge in [0.15, 0.2) is 0 Å². The van der Waals surface area contributed by atoms with Crippen LogP contribution in [0, 0.1) is 23.0 Å². The van der Waals surface area contributed by atoms with Gasteiger partial charge in [-0.25, -0.2) is 8.78 Å². The minimum Gasteiger partial charge on any atom is -0.313 e. The van der Waals surface area contributed by atoms with Crippen molar-refractivity contribution in [2.75, 3.05) is 19.6 Å². The predicted octanol–water partition coefficient (Wildman–Crippen LogP) is 1.26. The van der Waals surface area contributed by atoms with Crippen LogP contribution < -0.4 is 5.32 Å². The van der Waals surface area contributed by atoms with Gasteiger partial charge in [0.1, 0.15) is 17.7 Å². The molecule has 1 aliphatic heterocycles. The maximum absolute atomic E-state index is 13.5. The third kappa shape index (κ3) is 2.78. The predicted molar refractivity (Wildman–Crippen MR) is 59.0 cm³/mol. The Morgan fingerprint density at radius 3 is 3.00 bits per heavy atom. The zero-order valence-corrected chi connectivity index (χ0v) is 9.29. The van der Waals surface area contributed by atoms with E-state index in [2.05, 4.69) is 11.4 Å². The second kappa shape index (κ2) is 5.21. The Kier molecular flexibility index (Phi) is 3.67. The number of benzene rings is 1. The summed E-state index contributed by atoms with van der Waals surface area (Å²) in [7, 11) is 0. The van der Waals surface area contributed by atoms with E-state index in [1.807, 2.05) is 4.90 Å². The molecule has 90 valence electrons. The van der Waals surface area contributed by atoms with Crippen LogP contribution in [0.4, 0.5) is 8.78 Å². The molecule has 2 rings (SSSR count). The number of nitrogens with one attached hydrogen (secondary N) is 1. The smallest absolute Gasteiger partial charge is 0.130 e. The van der Waals surface area contributed by atoms with Crippen LogP contribution in [-0.4, -0.2) is 30.6 Å². The minimum absolute atomic E-state index is 0.256. The van der Waals surface area contributed by atoms with Crippen LogP contribution in [0.3, 0.4) is 0 Å². The maximum atomic E-state index is 13.5. The Bertz CT molecular complexity index is 442. The molecule has 1 fully saturated rings. The zero-order valence-electron chi connectivity index (χ0n) is 9.29. The summed E-state index contributed by atoms with van der Waals surface area (Å²) >= 11 is 0. The lowest BCUT2D eigenvalue weighted by atomic mass is 10.1. The average Bonchev–Trinajstić information content (AvgIpc) is 2.33. The molecule has 0 radical (unpaired) electrons. The molecule has 3 nitrogen and oxygen atoms in total. The highest BCUT2D eigenvalue weighted by Gasteiger charge is 2.22. The Labute approximate surface area is 98.6 Å². The Morgan fingerprint density at radius 2 is 2.29 bits per heavy atom. The average molecular weight is 237 g/mol. The van der Waals surface area contributed by atoms with Gasteiger partial charge in [-0.05, 0) is 6.07 Å². The van der Waals surface area contributed by atoms with Gasteiger partial charge in [0.05, 0.1) is 6.07 Å². The molecule has 0 aliphatic carbocycles. The van der Waals surface area contributed by atoms with E-state index in [-0.39, 0.29) is 6.04 Å². The number of rotatable bonds is 2. The van der Waals surface area contributed by atoms with Crippen LogP contribution >= 0.6 is 0 Å². The largest absolute Gasteiger partial charge is 0.313 e. The molecular formula is C12H13F2N3. The molecular weight excluding hydrogens is 224 g/mol. The quantitative estimate of drug-likeness (QED) is 0.841. The van der Waals surface area contributed by atoms with E-state index in [4.69, 9.17) is 5.26 Å². The van der Waals surface area contributed by atoms with Crippen LogP contribution in [0.2, 0.25) is 0 Å². The minimum atomic E-state index is -0.580. The molecule has 17 heavy (non-hydrogen) atoms. The second-order valence-electron chi connectivity index (χ2n) is 4.06. The van der Waals surface area contributed by atoms with Gasteiger partial charge in [0.2, 0.25) is 0 Å². The molecule has 1 saturated heterocycles. The van der Waals surface area contributed by atoms with Crippen molar-refractivity contribution in [1.82, 2.24) is 10.2 Å². The lowest BCUT2D eigenvalue weighted by Gasteiger charge is -2.31. The first-order chi connectivity index (χ1) is 8.20. The van der Waals surface area contributed by atoms with Crippen molar-refractivity contribution in [1.29, 1.82) is 5.26 Å². The lowest BCUT2D eigenvalue weighted by Crippen LogP contribution is -2.50. The van der Waals surface area contributed by atoms with Crippen molar-refractivity contribution in [3.05, 3.63) is 35.4 Å². The molecule has 1 unspecified atom stereocenters. The van der Waals surface area contributed by atoms with E-state index in [1.165, 1.54) is 12.1 Å². The first-order valence-electron chi connectivity index (χ1n) is 5.49. The molecule has 1 atom stereocenters. The first kappa shape index (κ1) is 12.0. The van der Waals surface area contributed by atoms with Crippen molar-refractivity contribution in [2.24, 2.45) is 0 Å². The Balaban J connectivity index is 2.11. The van der Waals surface area contributed by atoms with Gasteiger partial charge in [-0.1, -0.05) is 6.07 Å². The van der Waals surface area contributed by atoms with Crippen LogP contribution in [0.25, 0.3) is 0 Å². The van der Waals surface area contributed by atoms with E-state index >= 15 is 0 Å². The number of piperazine rings is 1. The summed E-state index contributed by atoms with van der Waals surface area (Å²) in [6.45, 7) is 2.39. The van der Waals surface area contributed by atoms with Gasteiger partial charge < -0.3 is 5.32 Å². The van der Waals surface area contributed by atoms with E-state index in [9.17, 15) is 8.78 Å². The van der Waals surface area contributed by atoms with Gasteiger partial charge in [0, 0.05) is 37.8 Å². The second-order valence-corrected chi connectivity index (χ2v) is 4.06. The van der Waals surface area contributed by atoms with Crippen molar-refractivity contribution in [3.8, 4) is 6.07 Å². The zero-order chi connectivity index (χ0) is 12.3. The number of hydrogen-bond donors (Lipinski definition) is 1. The maximum Gasteiger partial charge on any atom is 0.130 e. The van der Waals surface area contributed by atoms with Gasteiger partial charge in [-0.2, -0.15) is 5.26 Å². The molecule has 1 aliphatic rings. The molecule has 1 heterocycles. The third-order valence-corrected chi connectivity index (χ3v) is 2.89. The van der Waals surface area contributed by atoms with Crippen LogP contribution in [0.5, 0.6) is 0 Å². The molecule has 0 amide bonds. The van der Waals surface area contributed by atoms with Crippen molar-refractivity contribution < 1.29 is 8.78 Å². The SMILES string of the molecule is N#CC1CNCCN1Cc1ccc(F)cc1F. The Morgan fingerprint density at radius 1 is 1.47 bits per heavy atom. The first-order valence-corrected chi connectivity index (χ1v) is 5.49. The number of nitriles is 1. The fraction of sp³-hybridized carbons (Fsp3) is 0.417. The fourth-order valence-electron chi connectivity index (χ4n) is 1.93. The van der Waals surface area contributed by atoms with Gasteiger partial charge in [-0.3, -0.25) is 4.90 Å². The van der Waals surface area contributed by atoms with Crippen molar-refractivity contribution in [3.63, 3.8) is 0 Å². The lowest BCUT2D eigenvalue weighted by molar-refractivity contribution is 0.187. The van der Waals surface area contributed by atoms with Gasteiger partial charge >= 0.3 is 0 Å². The highest BCUT2D eigenvalue weighted by molar-refractivity contribution is 5.19. The molecule has 1 aromatic carbocycles. The van der Waals surface area contributed by atoms with E-state index in [0.717, 1.165) is 12.6 Å². The summed E-state index contributed by atoms with van der Waals surface area (Å²) in [5.74, 6) is -1.14. The normalized spacial score (nSPS) is 21.1. The summed E-state index contributed by atoms with van der Waals surface area (Å²) in [5.41, 5.74) is 0.425. The molecule has 0 bridgehead atoms. The summed E-state index contributed by atoms with van der Waals surface area (Å²) in [4.78, 5) is 1.90. The monoisotopic (exact) mass is 237 g/mol. The van der Waals surface area contributed by atoms with Crippen LogP contribution in [0.15, 0.2) is 18.2 Å². The Hall–Kier alpha value is -1.51. The van der Waals surface area contributed by atoms with Gasteiger partial charge in [-0.15, -0.1) is 0 Å². The summed E-state index contributed by atoms with van der Waals surface area (Å²) < 4.78 is 26.2. The van der Waals surface area contributed by atoms with Crippen molar-refractivity contribution in [2.45, 2.75) is 12.6 Å². The fourth-order valence-corrected chi connectivity index (χ4v) is 1.93. The molecule has 1 N–H and O–H groups in total. The van der Waals surface area contributed by atoms with E-state index in [0.29, 0.717) is 25.2 Å². The molecule has 5 heteroatoms. The number of nitrogens with zero attached hydrogens (tertiary/aromatic N) is 2. The summed E-state index contributed by atoms with van der Waals surface area (Å²) in [6.07, 6.45) is 0. The molecule has 0 spiro atoms. The number of halogens is 2. The van der Waals surface area contributed by atoms with Crippen LogP contribution in [-0.2, 0) is 6.54 Å². The van der Waals surface area contributed by atoms with E-state index in [1.54, 1.807) is 0 Å². The van der Waals surface area contributed by atoms with Crippen LogP contribution in [0.1, 0.15) is 5.56 Å². The molecule has 0 saturated carbocycles. The van der Waals surface area contributed by atoms with Gasteiger partial charge in [0.25, 0.3) is 0 Å². The topological polar surface area (TPSA) is 39.1 Å². The number of hydrogen-bond acceptors (Lipinski definition) is 3. The highest BCUT2D eigenvalue weighted by Crippen LogP contribution is 2.14. The standard InChI is InChI=1S/C12H13F2N3/c13-10-2-1-9(12(14)5-10)8-17-4-3-16-7-11(17)6-15/h1-2,5,11,16H,3-4,7-8H2. The third-order valence-electron chi connectivity index (χ3n) is 2.89. The molecule has 0 aromatic heterocycles. The van der Waals surface area contributed by atoms with E-state index < -0.39 is 11.6 Å². The summed E-state index contributed by atoms with van der Waals surface area (Å²) in [6, 6.07) is 5.46. The summed E-state index contributed by atoms with van der Waals surface area (Å²) in [5, 5.41) is 12.1. The van der Waals surface area contributed by atoms with Crippen molar-refractivity contribution >= 4 is 0 Å².